The molecule has 6 nitrogen and oxygen atoms in total. The summed E-state index contributed by atoms with van der Waals surface area (Å²) in [5, 5.41) is 3.33. The zero-order chi connectivity index (χ0) is 19.7. The second-order valence-corrected chi connectivity index (χ2v) is 8.92. The van der Waals surface area contributed by atoms with Crippen molar-refractivity contribution in [2.45, 2.75) is 38.4 Å². The highest BCUT2D eigenvalue weighted by atomic mass is 32.2. The van der Waals surface area contributed by atoms with Gasteiger partial charge in [0.1, 0.15) is 0 Å². The van der Waals surface area contributed by atoms with E-state index in [1.54, 1.807) is 12.1 Å². The van der Waals surface area contributed by atoms with Gasteiger partial charge in [0.2, 0.25) is 15.8 Å². The normalized spacial score (nSPS) is 16.3. The van der Waals surface area contributed by atoms with Gasteiger partial charge in [-0.1, -0.05) is 42.3 Å². The minimum Gasteiger partial charge on any atom is -0.329 e. The Labute approximate surface area is 155 Å². The van der Waals surface area contributed by atoms with Crippen molar-refractivity contribution in [3.05, 3.63) is 35.7 Å². The van der Waals surface area contributed by atoms with Crippen molar-refractivity contribution >= 4 is 10.0 Å². The lowest BCUT2D eigenvalue weighted by Crippen LogP contribution is -2.31. The molecule has 0 aliphatic heterocycles. The highest BCUT2D eigenvalue weighted by Gasteiger charge is 2.38. The molecule has 0 bridgehead atoms. The minimum atomic E-state index is -4.69. The van der Waals surface area contributed by atoms with Gasteiger partial charge in [-0.05, 0) is 24.3 Å². The Kier molecular flexibility index (Phi) is 5.57. The molecule has 1 fully saturated rings. The first-order valence-corrected chi connectivity index (χ1v) is 10.2. The molecule has 3 rings (SSSR count). The number of benzene rings is 1. The number of aromatic nitrogens is 2. The van der Waals surface area contributed by atoms with E-state index in [0.29, 0.717) is 5.56 Å². The van der Waals surface area contributed by atoms with Crippen molar-refractivity contribution in [2.75, 3.05) is 12.8 Å². The largest absolute Gasteiger partial charge is 0.471 e. The fourth-order valence-electron chi connectivity index (χ4n) is 3.17. The van der Waals surface area contributed by atoms with Crippen LogP contribution in [0.5, 0.6) is 0 Å². The Morgan fingerprint density at radius 2 is 1.81 bits per heavy atom. The van der Waals surface area contributed by atoms with E-state index in [9.17, 15) is 21.6 Å². The van der Waals surface area contributed by atoms with Crippen molar-refractivity contribution in [1.29, 1.82) is 0 Å². The van der Waals surface area contributed by atoms with E-state index in [2.05, 4.69) is 14.7 Å². The van der Waals surface area contributed by atoms with Crippen LogP contribution in [0.4, 0.5) is 13.2 Å². The number of hydrogen-bond acceptors (Lipinski definition) is 5. The van der Waals surface area contributed by atoms with Crippen LogP contribution in [-0.2, 0) is 22.7 Å². The van der Waals surface area contributed by atoms with Crippen LogP contribution in [0.15, 0.2) is 28.8 Å². The van der Waals surface area contributed by atoms with E-state index >= 15 is 0 Å². The van der Waals surface area contributed by atoms with Gasteiger partial charge in [0.05, 0.1) is 5.75 Å². The molecule has 1 aliphatic carbocycles. The Morgan fingerprint density at radius 1 is 1.19 bits per heavy atom. The highest BCUT2D eigenvalue weighted by Crippen LogP contribution is 2.30. The Hall–Kier alpha value is -1.94. The molecule has 0 N–H and O–H groups in total. The topological polar surface area (TPSA) is 76.3 Å². The van der Waals surface area contributed by atoms with Gasteiger partial charge in [0, 0.05) is 19.2 Å². The molecule has 1 saturated carbocycles. The van der Waals surface area contributed by atoms with Crippen LogP contribution in [0.2, 0.25) is 0 Å². The second kappa shape index (κ2) is 7.59. The molecule has 0 atom stereocenters. The third-order valence-corrected chi connectivity index (χ3v) is 6.65. The first kappa shape index (κ1) is 19.8. The summed E-state index contributed by atoms with van der Waals surface area (Å²) in [6, 6.07) is 6.36. The van der Waals surface area contributed by atoms with Gasteiger partial charge >= 0.3 is 12.1 Å². The smallest absolute Gasteiger partial charge is 0.329 e. The fourth-order valence-corrected chi connectivity index (χ4v) is 4.70. The molecule has 0 radical (unpaired) electrons. The van der Waals surface area contributed by atoms with Crippen molar-refractivity contribution in [2.24, 2.45) is 5.92 Å². The Morgan fingerprint density at radius 3 is 2.37 bits per heavy atom. The first-order valence-electron chi connectivity index (χ1n) is 8.59. The summed E-state index contributed by atoms with van der Waals surface area (Å²) in [7, 11) is -1.81. The van der Waals surface area contributed by atoms with E-state index in [0.717, 1.165) is 31.2 Å². The molecular weight excluding hydrogens is 383 g/mol. The van der Waals surface area contributed by atoms with Crippen LogP contribution in [0, 0.1) is 5.92 Å². The molecule has 1 aromatic heterocycles. The summed E-state index contributed by atoms with van der Waals surface area (Å²) in [6.45, 7) is 0.190. The molecule has 0 saturated heterocycles. The summed E-state index contributed by atoms with van der Waals surface area (Å²) in [6.07, 6.45) is -0.630. The predicted molar refractivity (Wildman–Crippen MR) is 91.9 cm³/mol. The van der Waals surface area contributed by atoms with Crippen molar-refractivity contribution in [1.82, 2.24) is 14.4 Å². The number of nitrogens with zero attached hydrogens (tertiary/aromatic N) is 3. The average Bonchev–Trinajstić information content (AvgIpc) is 3.26. The van der Waals surface area contributed by atoms with Gasteiger partial charge in [0.15, 0.2) is 0 Å². The standard InChI is InChI=1S/C17H20F3N3O3S/c1-23(27(24,25)11-13-4-2-3-5-13)10-12-6-8-14(9-7-12)15-21-16(26-22-15)17(18,19)20/h6-9,13H,2-5,10-11H2,1H3. The molecule has 1 heterocycles. The van der Waals surface area contributed by atoms with Crippen molar-refractivity contribution in [3.8, 4) is 11.4 Å². The molecule has 0 unspecified atom stereocenters. The first-order chi connectivity index (χ1) is 12.6. The lowest BCUT2D eigenvalue weighted by Gasteiger charge is -2.19. The van der Waals surface area contributed by atoms with Gasteiger partial charge < -0.3 is 4.52 Å². The molecule has 27 heavy (non-hydrogen) atoms. The SMILES string of the molecule is CN(Cc1ccc(-c2noc(C(F)(F)F)n2)cc1)S(=O)(=O)CC1CCCC1. The van der Waals surface area contributed by atoms with E-state index in [4.69, 9.17) is 0 Å². The number of hydrogen-bond donors (Lipinski definition) is 0. The monoisotopic (exact) mass is 403 g/mol. The predicted octanol–water partition coefficient (Wildman–Crippen LogP) is 3.71. The molecule has 10 heteroatoms. The number of rotatable bonds is 6. The van der Waals surface area contributed by atoms with Crippen molar-refractivity contribution in [3.63, 3.8) is 0 Å². The molecule has 2 aromatic rings. The number of alkyl halides is 3. The Balaban J connectivity index is 1.65. The summed E-state index contributed by atoms with van der Waals surface area (Å²) in [4.78, 5) is 3.33. The number of sulfonamides is 1. The lowest BCUT2D eigenvalue weighted by molar-refractivity contribution is -0.159. The van der Waals surface area contributed by atoms with Crippen molar-refractivity contribution < 1.29 is 26.1 Å². The number of halogens is 3. The fraction of sp³-hybridized carbons (Fsp3) is 0.529. The van der Waals surface area contributed by atoms with Gasteiger partial charge in [0.25, 0.3) is 0 Å². The van der Waals surface area contributed by atoms with Crippen LogP contribution in [0.1, 0.15) is 37.1 Å². The van der Waals surface area contributed by atoms with Gasteiger partial charge in [-0.25, -0.2) is 12.7 Å². The highest BCUT2D eigenvalue weighted by molar-refractivity contribution is 7.89. The van der Waals surface area contributed by atoms with E-state index in [1.165, 1.54) is 23.5 Å². The van der Waals surface area contributed by atoms with E-state index in [1.807, 2.05) is 0 Å². The van der Waals surface area contributed by atoms with Gasteiger partial charge in [-0.15, -0.1) is 0 Å². The van der Waals surface area contributed by atoms with Crippen LogP contribution in [0.3, 0.4) is 0 Å². The maximum atomic E-state index is 12.5. The summed E-state index contributed by atoms with van der Waals surface area (Å²) in [5.74, 6) is -1.19. The van der Waals surface area contributed by atoms with Crippen LogP contribution in [0.25, 0.3) is 11.4 Å². The lowest BCUT2D eigenvalue weighted by atomic mass is 10.1. The quantitative estimate of drug-likeness (QED) is 0.735. The molecule has 148 valence electrons. The summed E-state index contributed by atoms with van der Waals surface area (Å²) >= 11 is 0. The molecular formula is C17H20F3N3O3S. The van der Waals surface area contributed by atoms with Gasteiger partial charge in [-0.3, -0.25) is 0 Å². The van der Waals surface area contributed by atoms with Crippen LogP contribution < -0.4 is 0 Å². The van der Waals surface area contributed by atoms with Gasteiger partial charge in [-0.2, -0.15) is 18.2 Å². The second-order valence-electron chi connectivity index (χ2n) is 6.80. The Bertz CT molecular complexity index is 873. The van der Waals surface area contributed by atoms with E-state index in [-0.39, 0.29) is 24.0 Å². The van der Waals surface area contributed by atoms with Crippen LogP contribution >= 0.6 is 0 Å². The average molecular weight is 403 g/mol. The van der Waals surface area contributed by atoms with Crippen LogP contribution in [-0.4, -0.2) is 35.7 Å². The molecule has 0 spiro atoms. The summed E-state index contributed by atoms with van der Waals surface area (Å²) in [5.41, 5.74) is 1.07. The third kappa shape index (κ3) is 4.86. The molecule has 1 aromatic carbocycles. The molecule has 0 amide bonds. The third-order valence-electron chi connectivity index (χ3n) is 4.68. The van der Waals surface area contributed by atoms with E-state index < -0.39 is 22.1 Å². The zero-order valence-corrected chi connectivity index (χ0v) is 15.6. The maximum Gasteiger partial charge on any atom is 0.471 e. The minimum absolute atomic E-state index is 0.157. The maximum absolute atomic E-state index is 12.5. The zero-order valence-electron chi connectivity index (χ0n) is 14.7. The summed E-state index contributed by atoms with van der Waals surface area (Å²) < 4.78 is 68.0. The molecule has 1 aliphatic rings.